The summed E-state index contributed by atoms with van der Waals surface area (Å²) >= 11 is 0. The molecule has 0 aromatic heterocycles. The molecule has 1 aliphatic heterocycles. The van der Waals surface area contributed by atoms with Crippen LogP contribution >= 0.6 is 0 Å². The molecule has 1 aromatic rings. The normalized spacial score (nSPS) is 18.8. The van der Waals surface area contributed by atoms with Crippen LogP contribution in [0.5, 0.6) is 0 Å². The van der Waals surface area contributed by atoms with Crippen molar-refractivity contribution in [2.75, 3.05) is 26.4 Å². The number of rotatable bonds is 11. The van der Waals surface area contributed by atoms with E-state index in [1.54, 1.807) is 19.1 Å². The van der Waals surface area contributed by atoms with E-state index in [1.807, 2.05) is 26.0 Å². The smallest absolute Gasteiger partial charge is 0.332 e. The van der Waals surface area contributed by atoms with Crippen molar-refractivity contribution in [1.29, 1.82) is 0 Å². The fourth-order valence-electron chi connectivity index (χ4n) is 3.69. The van der Waals surface area contributed by atoms with Crippen molar-refractivity contribution in [3.63, 3.8) is 0 Å². The summed E-state index contributed by atoms with van der Waals surface area (Å²) in [5, 5.41) is 13.0. The Morgan fingerprint density at radius 2 is 2.00 bits per heavy atom. The number of carbonyl (C=O) groups excluding carboxylic acids is 3. The highest BCUT2D eigenvalue weighted by atomic mass is 16.6. The first-order valence-corrected chi connectivity index (χ1v) is 11.4. The van der Waals surface area contributed by atoms with Crippen molar-refractivity contribution in [3.05, 3.63) is 35.4 Å². The van der Waals surface area contributed by atoms with E-state index in [2.05, 4.69) is 11.2 Å². The van der Waals surface area contributed by atoms with E-state index >= 15 is 0 Å². The predicted octanol–water partition coefficient (Wildman–Crippen LogP) is 0.569. The molecule has 1 aromatic carbocycles. The van der Waals surface area contributed by atoms with Crippen LogP contribution < -0.4 is 11.1 Å². The van der Waals surface area contributed by atoms with Crippen LogP contribution in [-0.4, -0.2) is 72.3 Å². The van der Waals surface area contributed by atoms with Crippen LogP contribution in [0.2, 0.25) is 0 Å². The highest BCUT2D eigenvalue weighted by Gasteiger charge is 2.43. The Bertz CT molecular complexity index is 893. The second-order valence-electron chi connectivity index (χ2n) is 9.03. The zero-order valence-electron chi connectivity index (χ0n) is 20.1. The molecule has 1 saturated heterocycles. The van der Waals surface area contributed by atoms with Crippen molar-refractivity contribution in [2.24, 2.45) is 11.1 Å². The van der Waals surface area contributed by atoms with Crippen LogP contribution in [0.25, 0.3) is 0 Å². The maximum Gasteiger partial charge on any atom is 0.332 e. The second kappa shape index (κ2) is 12.5. The molecule has 0 saturated carbocycles. The third-order valence-corrected chi connectivity index (χ3v) is 5.98. The van der Waals surface area contributed by atoms with Gasteiger partial charge < -0.3 is 30.5 Å². The number of ether oxygens (including phenoxy) is 2. The van der Waals surface area contributed by atoms with Crippen LogP contribution in [-0.2, 0) is 30.4 Å². The second-order valence-corrected chi connectivity index (χ2v) is 9.03. The summed E-state index contributed by atoms with van der Waals surface area (Å²) in [6, 6.07) is 5.49. The van der Waals surface area contributed by atoms with Gasteiger partial charge >= 0.3 is 5.97 Å². The molecule has 2 amide bonds. The van der Waals surface area contributed by atoms with Gasteiger partial charge in [0, 0.05) is 31.7 Å². The first-order valence-electron chi connectivity index (χ1n) is 11.4. The fourth-order valence-corrected chi connectivity index (χ4v) is 3.69. The van der Waals surface area contributed by atoms with Crippen LogP contribution in [0, 0.1) is 17.8 Å². The maximum atomic E-state index is 13.2. The molecule has 3 atom stereocenters. The number of nitrogens with one attached hydrogen (secondary N) is 1. The van der Waals surface area contributed by atoms with Gasteiger partial charge in [-0.2, -0.15) is 0 Å². The third-order valence-electron chi connectivity index (χ3n) is 5.98. The van der Waals surface area contributed by atoms with Crippen LogP contribution in [0.15, 0.2) is 24.3 Å². The van der Waals surface area contributed by atoms with Gasteiger partial charge in [0.2, 0.25) is 11.8 Å². The number of hydrogen-bond acceptors (Lipinski definition) is 7. The molecule has 0 aliphatic carbocycles. The number of β-amino-alcohol motifs (C(OH)–C–C–N with tert-alkyl or cyclic N) is 1. The number of amides is 2. The van der Waals surface area contributed by atoms with Gasteiger partial charge in [-0.1, -0.05) is 31.9 Å². The zero-order chi connectivity index (χ0) is 25.3. The predicted molar refractivity (Wildman–Crippen MR) is 126 cm³/mol. The number of nitrogens with zero attached hydrogens (tertiary/aromatic N) is 1. The molecule has 0 unspecified atom stereocenters. The van der Waals surface area contributed by atoms with Crippen LogP contribution in [0.1, 0.15) is 44.7 Å². The van der Waals surface area contributed by atoms with Crippen LogP contribution in [0.3, 0.4) is 0 Å². The summed E-state index contributed by atoms with van der Waals surface area (Å²) in [6.07, 6.45) is 5.11. The monoisotopic (exact) mass is 473 g/mol. The van der Waals surface area contributed by atoms with Crippen molar-refractivity contribution >= 4 is 17.8 Å². The van der Waals surface area contributed by atoms with Crippen LogP contribution in [0.4, 0.5) is 0 Å². The lowest BCUT2D eigenvalue weighted by Gasteiger charge is -2.35. The zero-order valence-corrected chi connectivity index (χ0v) is 20.1. The number of carbonyl (C=O) groups is 3. The highest BCUT2D eigenvalue weighted by molar-refractivity contribution is 5.90. The molecule has 1 heterocycles. The summed E-state index contributed by atoms with van der Waals surface area (Å²) < 4.78 is 10.1. The van der Waals surface area contributed by atoms with E-state index in [1.165, 1.54) is 4.90 Å². The summed E-state index contributed by atoms with van der Waals surface area (Å²) in [6.45, 7) is 6.00. The molecule has 9 nitrogen and oxygen atoms in total. The van der Waals surface area contributed by atoms with Crippen molar-refractivity contribution in [1.82, 2.24) is 10.2 Å². The molecule has 0 bridgehead atoms. The lowest BCUT2D eigenvalue weighted by molar-refractivity contribution is -0.149. The Kier molecular flexibility index (Phi) is 10.1. The van der Waals surface area contributed by atoms with E-state index in [-0.39, 0.29) is 45.2 Å². The molecule has 186 valence electrons. The number of benzene rings is 1. The highest BCUT2D eigenvalue weighted by Crippen LogP contribution is 2.28. The molecule has 1 aliphatic rings. The standard InChI is InChI=1S/C25H35N3O6/c1-5-17-7-9-18(10-8-17)14-27-23(31)20-13-19(29)15-28(20)24(32)22(26)25(3,4)11-12-33-16-21(30)34-6-2/h1,7-10,19-20,22,29H,6,11-16,26H2,2-4H3,(H,27,31)/t19-,20+,22-/m1/s1. The average molecular weight is 474 g/mol. The third kappa shape index (κ3) is 7.55. The van der Waals surface area contributed by atoms with E-state index in [4.69, 9.17) is 21.6 Å². The SMILES string of the molecule is C#Cc1ccc(CNC(=O)[C@@H]2C[C@@H](O)CN2C(=O)[C@@H](N)C(C)(C)CCOCC(=O)OCC)cc1. The van der Waals surface area contributed by atoms with Crippen molar-refractivity contribution in [3.8, 4) is 12.3 Å². The Labute approximate surface area is 201 Å². The number of nitrogens with two attached hydrogens (primary N) is 1. The lowest BCUT2D eigenvalue weighted by Crippen LogP contribution is -2.55. The molecule has 0 spiro atoms. The average Bonchev–Trinajstić information content (AvgIpc) is 3.21. The summed E-state index contributed by atoms with van der Waals surface area (Å²) in [4.78, 5) is 38.8. The molecule has 34 heavy (non-hydrogen) atoms. The Balaban J connectivity index is 1.94. The molecule has 9 heteroatoms. The minimum Gasteiger partial charge on any atom is -0.464 e. The van der Waals surface area contributed by atoms with E-state index < -0.39 is 35.5 Å². The van der Waals surface area contributed by atoms with Gasteiger partial charge in [-0.05, 0) is 36.5 Å². The number of aliphatic hydroxyl groups excluding tert-OH is 1. The van der Waals surface area contributed by atoms with Crippen molar-refractivity contribution < 1.29 is 29.0 Å². The van der Waals surface area contributed by atoms with Gasteiger partial charge in [0.15, 0.2) is 0 Å². The first kappa shape index (κ1) is 27.3. The molecule has 1 fully saturated rings. The molecular formula is C25H35N3O6. The summed E-state index contributed by atoms with van der Waals surface area (Å²) in [5.41, 5.74) is 7.24. The number of likely N-dealkylation sites (tertiary alicyclic amines) is 1. The fraction of sp³-hybridized carbons (Fsp3) is 0.560. The van der Waals surface area contributed by atoms with E-state index in [0.29, 0.717) is 6.42 Å². The minimum atomic E-state index is -0.921. The maximum absolute atomic E-state index is 13.2. The van der Waals surface area contributed by atoms with Gasteiger partial charge in [0.1, 0.15) is 12.6 Å². The minimum absolute atomic E-state index is 0.0386. The van der Waals surface area contributed by atoms with Gasteiger partial charge in [-0.25, -0.2) is 4.79 Å². The van der Waals surface area contributed by atoms with Crippen molar-refractivity contribution in [2.45, 2.75) is 58.3 Å². The number of aliphatic hydroxyl groups is 1. The number of esters is 1. The first-order chi connectivity index (χ1) is 16.1. The lowest BCUT2D eigenvalue weighted by atomic mass is 9.81. The molecular weight excluding hydrogens is 438 g/mol. The Morgan fingerprint density at radius 3 is 2.62 bits per heavy atom. The van der Waals surface area contributed by atoms with Gasteiger partial charge in [0.25, 0.3) is 0 Å². The molecule has 4 N–H and O–H groups in total. The number of hydrogen-bond donors (Lipinski definition) is 3. The topological polar surface area (TPSA) is 131 Å². The van der Waals surface area contributed by atoms with Gasteiger partial charge in [-0.15, -0.1) is 6.42 Å². The van der Waals surface area contributed by atoms with Gasteiger partial charge in [0.05, 0.1) is 18.8 Å². The molecule has 0 radical (unpaired) electrons. The summed E-state index contributed by atoms with van der Waals surface area (Å²) in [5.74, 6) is 1.32. The summed E-state index contributed by atoms with van der Waals surface area (Å²) in [7, 11) is 0. The van der Waals surface area contributed by atoms with Gasteiger partial charge in [-0.3, -0.25) is 9.59 Å². The van der Waals surface area contributed by atoms with E-state index in [9.17, 15) is 19.5 Å². The molecule has 2 rings (SSSR count). The number of terminal acetylenes is 1. The Hall–Kier alpha value is -2.93. The Morgan fingerprint density at radius 1 is 1.32 bits per heavy atom. The quantitative estimate of drug-likeness (QED) is 0.243. The largest absolute Gasteiger partial charge is 0.464 e. The van der Waals surface area contributed by atoms with E-state index in [0.717, 1.165) is 11.1 Å².